The molecule has 0 aromatic heterocycles. The van der Waals surface area contributed by atoms with E-state index in [-0.39, 0.29) is 17.1 Å². The smallest absolute Gasteiger partial charge is 0.237 e. The first-order valence-electron chi connectivity index (χ1n) is 9.36. The van der Waals surface area contributed by atoms with E-state index in [0.717, 1.165) is 22.7 Å². The Morgan fingerprint density at radius 3 is 2.30 bits per heavy atom. The van der Waals surface area contributed by atoms with Crippen molar-refractivity contribution in [2.45, 2.75) is 56.6 Å². The molecule has 0 radical (unpaired) electrons. The fraction of sp³-hybridized carbons (Fsp3) is 0.364. The van der Waals surface area contributed by atoms with Crippen molar-refractivity contribution in [3.05, 3.63) is 54.1 Å². The van der Waals surface area contributed by atoms with Crippen LogP contribution in [0.1, 0.15) is 52.0 Å². The van der Waals surface area contributed by atoms with Crippen LogP contribution in [0.15, 0.2) is 53.4 Å². The zero-order chi connectivity index (χ0) is 19.8. The molecule has 0 fully saturated rings. The molecule has 1 atom stereocenters. The number of benzene rings is 2. The minimum absolute atomic E-state index is 0.00952. The van der Waals surface area contributed by atoms with Crippen LogP contribution in [0.5, 0.6) is 0 Å². The third kappa shape index (κ3) is 6.75. The second-order valence-electron chi connectivity index (χ2n) is 6.85. The van der Waals surface area contributed by atoms with E-state index in [0.29, 0.717) is 12.3 Å². The number of carbonyl (C=O) groups is 2. The highest BCUT2D eigenvalue weighted by atomic mass is 32.2. The molecule has 5 heteroatoms. The second-order valence-corrected chi connectivity index (χ2v) is 8.27. The SMILES string of the molecule is CCCC(=O)Nc1cccc(SC(C)C(=O)Nc2ccc(C(C)C)cc2)c1. The van der Waals surface area contributed by atoms with E-state index >= 15 is 0 Å². The molecule has 0 bridgehead atoms. The number of hydrogen-bond acceptors (Lipinski definition) is 3. The minimum Gasteiger partial charge on any atom is -0.326 e. The maximum Gasteiger partial charge on any atom is 0.237 e. The van der Waals surface area contributed by atoms with Crippen molar-refractivity contribution in [3.8, 4) is 0 Å². The largest absolute Gasteiger partial charge is 0.326 e. The summed E-state index contributed by atoms with van der Waals surface area (Å²) in [5.41, 5.74) is 2.81. The summed E-state index contributed by atoms with van der Waals surface area (Å²) in [5, 5.41) is 5.60. The summed E-state index contributed by atoms with van der Waals surface area (Å²) < 4.78 is 0. The lowest BCUT2D eigenvalue weighted by Crippen LogP contribution is -2.22. The standard InChI is InChI=1S/C22H28N2O2S/c1-5-7-21(25)23-19-8-6-9-20(14-19)27-16(4)22(26)24-18-12-10-17(11-13-18)15(2)3/h6,8-16H,5,7H2,1-4H3,(H,23,25)(H,24,26). The molecule has 2 aromatic rings. The van der Waals surface area contributed by atoms with Gasteiger partial charge in [-0.15, -0.1) is 11.8 Å². The molecule has 0 aliphatic carbocycles. The summed E-state index contributed by atoms with van der Waals surface area (Å²) in [6.07, 6.45) is 1.32. The van der Waals surface area contributed by atoms with Gasteiger partial charge in [-0.2, -0.15) is 0 Å². The summed E-state index contributed by atoms with van der Waals surface area (Å²) in [6, 6.07) is 15.6. The van der Waals surface area contributed by atoms with Crippen LogP contribution in [0.2, 0.25) is 0 Å². The average molecular weight is 385 g/mol. The van der Waals surface area contributed by atoms with Crippen LogP contribution in [-0.4, -0.2) is 17.1 Å². The van der Waals surface area contributed by atoms with Crippen LogP contribution in [0.25, 0.3) is 0 Å². The molecule has 2 N–H and O–H groups in total. The molecule has 1 unspecified atom stereocenters. The maximum absolute atomic E-state index is 12.5. The Labute approximate surface area is 166 Å². The summed E-state index contributed by atoms with van der Waals surface area (Å²) in [6.45, 7) is 8.14. The van der Waals surface area contributed by atoms with Gasteiger partial charge in [0.2, 0.25) is 11.8 Å². The molecule has 4 nitrogen and oxygen atoms in total. The number of hydrogen-bond donors (Lipinski definition) is 2. The molecule has 144 valence electrons. The Morgan fingerprint density at radius 1 is 0.963 bits per heavy atom. The van der Waals surface area contributed by atoms with Crippen molar-refractivity contribution in [1.29, 1.82) is 0 Å². The van der Waals surface area contributed by atoms with Crippen molar-refractivity contribution in [3.63, 3.8) is 0 Å². The first kappa shape index (κ1) is 21.0. The van der Waals surface area contributed by atoms with Crippen LogP contribution in [-0.2, 0) is 9.59 Å². The highest BCUT2D eigenvalue weighted by Gasteiger charge is 2.15. The molecule has 2 rings (SSSR count). The summed E-state index contributed by atoms with van der Waals surface area (Å²) in [4.78, 5) is 25.2. The van der Waals surface area contributed by atoms with Crippen molar-refractivity contribution in [2.24, 2.45) is 0 Å². The highest BCUT2D eigenvalue weighted by molar-refractivity contribution is 8.00. The van der Waals surface area contributed by atoms with Gasteiger partial charge in [-0.25, -0.2) is 0 Å². The van der Waals surface area contributed by atoms with E-state index in [1.807, 2.05) is 62.4 Å². The minimum atomic E-state index is -0.253. The first-order valence-corrected chi connectivity index (χ1v) is 10.2. The lowest BCUT2D eigenvalue weighted by molar-refractivity contribution is -0.116. The Balaban J connectivity index is 1.94. The van der Waals surface area contributed by atoms with Gasteiger partial charge < -0.3 is 10.6 Å². The number of amides is 2. The van der Waals surface area contributed by atoms with E-state index in [2.05, 4.69) is 24.5 Å². The summed E-state index contributed by atoms with van der Waals surface area (Å²) in [7, 11) is 0. The van der Waals surface area contributed by atoms with Crippen LogP contribution in [0.3, 0.4) is 0 Å². The van der Waals surface area contributed by atoms with Gasteiger partial charge in [-0.05, 0) is 55.2 Å². The van der Waals surface area contributed by atoms with Gasteiger partial charge in [0.05, 0.1) is 5.25 Å². The zero-order valence-corrected chi connectivity index (χ0v) is 17.2. The Hall–Kier alpha value is -2.27. The molecular formula is C22H28N2O2S. The molecule has 0 saturated heterocycles. The van der Waals surface area contributed by atoms with Crippen LogP contribution in [0, 0.1) is 0 Å². The van der Waals surface area contributed by atoms with Crippen molar-refractivity contribution >= 4 is 35.0 Å². The number of rotatable bonds is 8. The van der Waals surface area contributed by atoms with E-state index in [1.165, 1.54) is 17.3 Å². The summed E-state index contributed by atoms with van der Waals surface area (Å²) in [5.74, 6) is 0.433. The van der Waals surface area contributed by atoms with E-state index in [4.69, 9.17) is 0 Å². The molecule has 0 saturated carbocycles. The second kappa shape index (κ2) is 10.2. The zero-order valence-electron chi connectivity index (χ0n) is 16.4. The van der Waals surface area contributed by atoms with Crippen molar-refractivity contribution < 1.29 is 9.59 Å². The fourth-order valence-electron chi connectivity index (χ4n) is 2.55. The number of anilines is 2. The molecule has 27 heavy (non-hydrogen) atoms. The monoisotopic (exact) mass is 384 g/mol. The predicted molar refractivity (Wildman–Crippen MR) is 114 cm³/mol. The van der Waals surface area contributed by atoms with Gasteiger partial charge in [0.1, 0.15) is 0 Å². The Kier molecular flexibility index (Phi) is 7.92. The number of nitrogens with one attached hydrogen (secondary N) is 2. The van der Waals surface area contributed by atoms with E-state index in [9.17, 15) is 9.59 Å². The fourth-order valence-corrected chi connectivity index (χ4v) is 3.48. The molecule has 0 spiro atoms. The number of thioether (sulfide) groups is 1. The maximum atomic E-state index is 12.5. The third-order valence-corrected chi connectivity index (χ3v) is 5.22. The summed E-state index contributed by atoms with van der Waals surface area (Å²) >= 11 is 1.47. The molecule has 0 aliphatic rings. The lowest BCUT2D eigenvalue weighted by Gasteiger charge is -2.14. The van der Waals surface area contributed by atoms with Gasteiger partial charge >= 0.3 is 0 Å². The lowest BCUT2D eigenvalue weighted by atomic mass is 10.0. The molecule has 2 aromatic carbocycles. The Bertz CT molecular complexity index is 772. The van der Waals surface area contributed by atoms with Gasteiger partial charge in [0.15, 0.2) is 0 Å². The van der Waals surface area contributed by atoms with Crippen LogP contribution < -0.4 is 10.6 Å². The average Bonchev–Trinajstić information content (AvgIpc) is 2.62. The van der Waals surface area contributed by atoms with E-state index in [1.54, 1.807) is 0 Å². The van der Waals surface area contributed by atoms with Gasteiger partial charge in [-0.1, -0.05) is 39.0 Å². The van der Waals surface area contributed by atoms with Crippen LogP contribution >= 0.6 is 11.8 Å². The molecule has 0 heterocycles. The van der Waals surface area contributed by atoms with Gasteiger partial charge in [-0.3, -0.25) is 9.59 Å². The van der Waals surface area contributed by atoms with Gasteiger partial charge in [0, 0.05) is 22.7 Å². The highest BCUT2D eigenvalue weighted by Crippen LogP contribution is 2.27. The normalized spacial score (nSPS) is 11.9. The predicted octanol–water partition coefficient (Wildman–Crippen LogP) is 5.67. The number of carbonyl (C=O) groups excluding carboxylic acids is 2. The topological polar surface area (TPSA) is 58.2 Å². The Morgan fingerprint density at radius 2 is 1.67 bits per heavy atom. The molecule has 2 amide bonds. The van der Waals surface area contributed by atoms with Crippen molar-refractivity contribution in [1.82, 2.24) is 0 Å². The van der Waals surface area contributed by atoms with Crippen LogP contribution in [0.4, 0.5) is 11.4 Å². The first-order chi connectivity index (χ1) is 12.9. The molecule has 0 aliphatic heterocycles. The van der Waals surface area contributed by atoms with E-state index < -0.39 is 0 Å². The quantitative estimate of drug-likeness (QED) is 0.577. The third-order valence-electron chi connectivity index (χ3n) is 4.12. The van der Waals surface area contributed by atoms with Crippen molar-refractivity contribution in [2.75, 3.05) is 10.6 Å². The van der Waals surface area contributed by atoms with Gasteiger partial charge in [0.25, 0.3) is 0 Å². The molecular weight excluding hydrogens is 356 g/mol.